The number of alkyl halides is 2. The van der Waals surface area contributed by atoms with Gasteiger partial charge in [-0.3, -0.25) is 29.5 Å². The van der Waals surface area contributed by atoms with Gasteiger partial charge in [0.1, 0.15) is 0 Å². The van der Waals surface area contributed by atoms with E-state index in [2.05, 4.69) is 36.8 Å². The van der Waals surface area contributed by atoms with Crippen LogP contribution in [0.4, 0.5) is 36.5 Å². The molecule has 2 aromatic heterocycles. The van der Waals surface area contributed by atoms with E-state index in [1.54, 1.807) is 43.9 Å². The van der Waals surface area contributed by atoms with Gasteiger partial charge in [0.15, 0.2) is 17.2 Å². The minimum Gasteiger partial charge on any atom is -0.385 e. The van der Waals surface area contributed by atoms with Crippen LogP contribution in [0.1, 0.15) is 89.8 Å². The fourth-order valence-corrected chi connectivity index (χ4v) is 11.0. The highest BCUT2D eigenvalue weighted by atomic mass is 35.5. The van der Waals surface area contributed by atoms with Crippen molar-refractivity contribution in [2.45, 2.75) is 82.8 Å². The van der Waals surface area contributed by atoms with E-state index >= 15 is 8.78 Å². The fourth-order valence-electron chi connectivity index (χ4n) is 10.8. The molecule has 5 fully saturated rings. The Labute approximate surface area is 400 Å². The smallest absolute Gasteiger partial charge is 0.328 e. The van der Waals surface area contributed by atoms with Gasteiger partial charge in [-0.15, -0.1) is 5.10 Å². The number of aromatic nitrogens is 3. The second-order valence-corrected chi connectivity index (χ2v) is 19.5. The summed E-state index contributed by atoms with van der Waals surface area (Å²) < 4.78 is 39.3. The standard InChI is InChI=1S/C44H52ClF2N11O4.C5H10O/c1-48-33-23-37(52-58-36(40(60)49-2)24-50-39(33)58)56-17-10-31-30(4-3-5-34(31)56)26-54-21-14-43(44(46,47)27-54)12-19-53(20-13-43)25-28-8-15-55(16-9-28)41(61)29-6-7-32(45)35(22-29)57-18-11-38(59)51-42(57)62;1-6-5-3-2-4-5/h3-7,22-24,28,48H,8-21,25-27H2,1-2H3,(H,49,60)(H,51,59,62);5H,2-4H2,1H3. The van der Waals surface area contributed by atoms with Crippen molar-refractivity contribution in [3.63, 3.8) is 0 Å². The first-order valence-electron chi connectivity index (χ1n) is 24.0. The van der Waals surface area contributed by atoms with Gasteiger partial charge in [-0.25, -0.2) is 23.1 Å². The number of likely N-dealkylation sites (tertiary alicyclic amines) is 3. The number of anilines is 4. The molecule has 5 amide bonds. The zero-order valence-electron chi connectivity index (χ0n) is 39.2. The molecule has 19 heteroatoms. The lowest BCUT2D eigenvalue weighted by molar-refractivity contribution is -0.189. The molecule has 6 aliphatic rings. The Hall–Kier alpha value is -5.43. The highest BCUT2D eigenvalue weighted by Gasteiger charge is 2.57. The van der Waals surface area contributed by atoms with Crippen LogP contribution in [0.25, 0.3) is 5.65 Å². The molecular formula is C49H62ClF2N11O5. The average Bonchev–Trinajstić information content (AvgIpc) is 3.96. The van der Waals surface area contributed by atoms with E-state index < -0.39 is 17.4 Å². The van der Waals surface area contributed by atoms with Crippen molar-refractivity contribution in [1.29, 1.82) is 0 Å². The van der Waals surface area contributed by atoms with E-state index in [-0.39, 0.29) is 37.2 Å². The molecule has 7 heterocycles. The van der Waals surface area contributed by atoms with Gasteiger partial charge < -0.3 is 30.1 Å². The Balaban J connectivity index is 0.000000894. The van der Waals surface area contributed by atoms with Crippen LogP contribution in [0, 0.1) is 11.3 Å². The van der Waals surface area contributed by atoms with Gasteiger partial charge >= 0.3 is 6.03 Å². The van der Waals surface area contributed by atoms with Crippen molar-refractivity contribution >= 4 is 63.9 Å². The number of hydrogen-bond donors (Lipinski definition) is 3. The topological polar surface area (TPSA) is 160 Å². The third kappa shape index (κ3) is 9.48. The summed E-state index contributed by atoms with van der Waals surface area (Å²) in [5.74, 6) is -2.56. The van der Waals surface area contributed by atoms with Gasteiger partial charge in [0.2, 0.25) is 5.91 Å². The number of urea groups is 1. The Bertz CT molecular complexity index is 2540. The van der Waals surface area contributed by atoms with Crippen molar-refractivity contribution in [3.8, 4) is 0 Å². The third-order valence-corrected chi connectivity index (χ3v) is 15.6. The number of rotatable bonds is 10. The van der Waals surface area contributed by atoms with Crippen molar-refractivity contribution in [2.24, 2.45) is 11.3 Å². The number of nitrogens with zero attached hydrogens (tertiary/aromatic N) is 8. The molecule has 4 saturated heterocycles. The summed E-state index contributed by atoms with van der Waals surface area (Å²) >= 11 is 6.40. The van der Waals surface area contributed by atoms with Crippen LogP contribution in [0.5, 0.6) is 0 Å². The zero-order valence-corrected chi connectivity index (χ0v) is 39.9. The molecule has 0 radical (unpaired) electrons. The Morgan fingerprint density at radius 3 is 2.29 bits per heavy atom. The number of fused-ring (bicyclic) bond motifs is 2. The lowest BCUT2D eigenvalue weighted by Gasteiger charge is -2.51. The molecule has 10 rings (SSSR count). The maximum Gasteiger partial charge on any atom is 0.328 e. The number of halogens is 3. The minimum atomic E-state index is -2.82. The summed E-state index contributed by atoms with van der Waals surface area (Å²) in [6.45, 7) is 4.93. The Morgan fingerprint density at radius 1 is 0.897 bits per heavy atom. The average molecular weight is 959 g/mol. The second-order valence-electron chi connectivity index (χ2n) is 19.1. The highest BCUT2D eigenvalue weighted by Crippen LogP contribution is 2.51. The summed E-state index contributed by atoms with van der Waals surface area (Å²) in [4.78, 5) is 64.2. The predicted molar refractivity (Wildman–Crippen MR) is 256 cm³/mol. The number of imidazole rings is 1. The maximum atomic E-state index is 16.4. The minimum absolute atomic E-state index is 0.134. The molecule has 3 N–H and O–H groups in total. The molecular weight excluding hydrogens is 896 g/mol. The van der Waals surface area contributed by atoms with Gasteiger partial charge in [-0.05, 0) is 119 Å². The van der Waals surface area contributed by atoms with Crippen LogP contribution in [0.3, 0.4) is 0 Å². The first-order valence-corrected chi connectivity index (χ1v) is 24.4. The SMILES string of the molecule is CNC(=O)c1cnc2c(NC)cc(N3CCc4c(CN5CCC6(CCN(CC7CCN(C(=O)c8ccc(Cl)c(N9CCC(=O)NC9=O)c8)CC7)CC6)C(F)(F)C5)cccc43)nn12.COC1CCC1. The number of carbonyl (C=O) groups is 4. The maximum absolute atomic E-state index is 16.4. The molecule has 1 spiro atoms. The molecule has 0 unspecified atom stereocenters. The summed E-state index contributed by atoms with van der Waals surface area (Å²) in [6.07, 6.45) is 10.0. The van der Waals surface area contributed by atoms with Crippen LogP contribution in [0.15, 0.2) is 48.7 Å². The highest BCUT2D eigenvalue weighted by molar-refractivity contribution is 6.34. The van der Waals surface area contributed by atoms with Gasteiger partial charge in [0, 0.05) is 89.6 Å². The van der Waals surface area contributed by atoms with E-state index in [4.69, 9.17) is 21.4 Å². The quantitative estimate of drug-likeness (QED) is 0.158. The van der Waals surface area contributed by atoms with E-state index in [1.807, 2.05) is 28.0 Å². The van der Waals surface area contributed by atoms with Crippen LogP contribution in [-0.2, 0) is 22.5 Å². The number of benzene rings is 2. The zero-order chi connectivity index (χ0) is 47.7. The van der Waals surface area contributed by atoms with Gasteiger partial charge in [0.05, 0.1) is 35.2 Å². The van der Waals surface area contributed by atoms with E-state index in [1.165, 1.54) is 30.4 Å². The first kappa shape index (κ1) is 47.6. The number of amides is 5. The first-order chi connectivity index (χ1) is 32.8. The summed E-state index contributed by atoms with van der Waals surface area (Å²) in [7, 11) is 5.15. The number of hydrogen-bond acceptors (Lipinski definition) is 11. The number of carbonyl (C=O) groups excluding carboxylic acids is 4. The molecule has 68 heavy (non-hydrogen) atoms. The van der Waals surface area contributed by atoms with Gasteiger partial charge in [-0.1, -0.05) is 23.7 Å². The van der Waals surface area contributed by atoms with Crippen LogP contribution in [0.2, 0.25) is 5.02 Å². The molecule has 364 valence electrons. The molecule has 1 saturated carbocycles. The number of ether oxygens (including phenoxy) is 1. The molecule has 5 aliphatic heterocycles. The van der Waals surface area contributed by atoms with Crippen LogP contribution >= 0.6 is 11.6 Å². The fraction of sp³-hybridized carbons (Fsp3) is 0.551. The lowest BCUT2D eigenvalue weighted by Crippen LogP contribution is -2.59. The summed E-state index contributed by atoms with van der Waals surface area (Å²) in [5.41, 5.74) is 4.59. The molecule has 4 aromatic rings. The van der Waals surface area contributed by atoms with Crippen LogP contribution < -0.4 is 25.8 Å². The predicted octanol–water partition coefficient (Wildman–Crippen LogP) is 6.59. The van der Waals surface area contributed by atoms with E-state index in [9.17, 15) is 19.2 Å². The molecule has 16 nitrogen and oxygen atoms in total. The summed E-state index contributed by atoms with van der Waals surface area (Å²) in [5, 5.41) is 13.3. The van der Waals surface area contributed by atoms with Gasteiger partial charge in [0.25, 0.3) is 17.7 Å². The largest absolute Gasteiger partial charge is 0.385 e. The third-order valence-electron chi connectivity index (χ3n) is 15.2. The molecule has 0 bridgehead atoms. The van der Waals surface area contributed by atoms with Crippen molar-refractivity contribution < 1.29 is 32.7 Å². The van der Waals surface area contributed by atoms with Crippen LogP contribution in [-0.4, -0.2) is 145 Å². The number of piperidine rings is 3. The number of methoxy groups -OCH3 is 1. The second kappa shape index (κ2) is 19.9. The lowest BCUT2D eigenvalue weighted by atomic mass is 9.68. The Morgan fingerprint density at radius 2 is 1.63 bits per heavy atom. The Kier molecular flexibility index (Phi) is 13.9. The van der Waals surface area contributed by atoms with Crippen molar-refractivity contribution in [3.05, 3.63) is 76.1 Å². The van der Waals surface area contributed by atoms with E-state index in [0.717, 1.165) is 48.3 Å². The molecule has 2 aromatic carbocycles. The number of nitrogens with one attached hydrogen (secondary N) is 3. The normalized spacial score (nSPS) is 21.0. The number of imide groups is 1. The van der Waals surface area contributed by atoms with Crippen molar-refractivity contribution in [1.82, 2.24) is 39.9 Å². The molecule has 1 aliphatic carbocycles. The van der Waals surface area contributed by atoms with Gasteiger partial charge in [-0.2, -0.15) is 0 Å². The monoisotopic (exact) mass is 957 g/mol. The van der Waals surface area contributed by atoms with E-state index in [0.29, 0.717) is 111 Å². The van der Waals surface area contributed by atoms with Crippen molar-refractivity contribution in [2.75, 3.05) is 95.2 Å². The molecule has 0 atom stereocenters. The summed E-state index contributed by atoms with van der Waals surface area (Å²) in [6, 6.07) is 12.3.